The van der Waals surface area contributed by atoms with Crippen molar-refractivity contribution in [3.05, 3.63) is 35.9 Å². The molecule has 1 aromatic rings. The number of amides is 1. The molecule has 1 aliphatic heterocycles. The number of piperidine rings is 1. The molecule has 1 aliphatic rings. The summed E-state index contributed by atoms with van der Waals surface area (Å²) in [6.45, 7) is 4.95. The first-order valence-corrected chi connectivity index (χ1v) is 9.09. The standard InChI is InChI=1S/C20H30N2O4/c1-20(2,12-17-11-10-16(13-21-17)18(23)25-4)22(3)19(24)26-14-15-8-6-5-7-9-15/h5-9,16-17,21H,10-14H2,1-4H3. The van der Waals surface area contributed by atoms with Gasteiger partial charge < -0.3 is 19.7 Å². The Labute approximate surface area is 155 Å². The van der Waals surface area contributed by atoms with Crippen molar-refractivity contribution in [3.63, 3.8) is 0 Å². The van der Waals surface area contributed by atoms with Crippen LogP contribution in [0.2, 0.25) is 0 Å². The van der Waals surface area contributed by atoms with Gasteiger partial charge in [-0.3, -0.25) is 4.79 Å². The van der Waals surface area contributed by atoms with Crippen molar-refractivity contribution < 1.29 is 19.1 Å². The Hall–Kier alpha value is -2.08. The SMILES string of the molecule is COC(=O)C1CCC(CC(C)(C)N(C)C(=O)OCc2ccccc2)NC1. The van der Waals surface area contributed by atoms with Crippen molar-refractivity contribution in [1.29, 1.82) is 0 Å². The summed E-state index contributed by atoms with van der Waals surface area (Å²) in [5, 5.41) is 3.41. The van der Waals surface area contributed by atoms with E-state index in [4.69, 9.17) is 9.47 Å². The van der Waals surface area contributed by atoms with Crippen LogP contribution in [0.3, 0.4) is 0 Å². The van der Waals surface area contributed by atoms with Gasteiger partial charge in [0, 0.05) is 25.2 Å². The Morgan fingerprint density at radius 3 is 2.50 bits per heavy atom. The van der Waals surface area contributed by atoms with Gasteiger partial charge in [0.15, 0.2) is 0 Å². The van der Waals surface area contributed by atoms with Gasteiger partial charge in [0.2, 0.25) is 0 Å². The largest absolute Gasteiger partial charge is 0.469 e. The third-order valence-corrected chi connectivity index (χ3v) is 5.18. The molecular formula is C20H30N2O4. The molecule has 6 nitrogen and oxygen atoms in total. The lowest BCUT2D eigenvalue weighted by Gasteiger charge is -2.39. The minimum atomic E-state index is -0.358. The fourth-order valence-electron chi connectivity index (χ4n) is 3.26. The first-order chi connectivity index (χ1) is 12.3. The van der Waals surface area contributed by atoms with E-state index in [9.17, 15) is 9.59 Å². The van der Waals surface area contributed by atoms with Gasteiger partial charge in [0.05, 0.1) is 13.0 Å². The maximum absolute atomic E-state index is 12.4. The molecule has 1 saturated heterocycles. The zero-order chi connectivity index (χ0) is 19.2. The maximum atomic E-state index is 12.4. The minimum Gasteiger partial charge on any atom is -0.469 e. The topological polar surface area (TPSA) is 67.9 Å². The fourth-order valence-corrected chi connectivity index (χ4v) is 3.26. The number of rotatable bonds is 6. The van der Waals surface area contributed by atoms with Crippen LogP contribution in [-0.4, -0.2) is 49.2 Å². The van der Waals surface area contributed by atoms with Gasteiger partial charge in [-0.25, -0.2) is 4.79 Å². The number of esters is 1. The summed E-state index contributed by atoms with van der Waals surface area (Å²) in [5.41, 5.74) is 0.610. The van der Waals surface area contributed by atoms with Crippen molar-refractivity contribution in [1.82, 2.24) is 10.2 Å². The molecule has 1 fully saturated rings. The zero-order valence-corrected chi connectivity index (χ0v) is 16.2. The molecule has 1 aromatic carbocycles. The molecule has 6 heteroatoms. The quantitative estimate of drug-likeness (QED) is 0.788. The van der Waals surface area contributed by atoms with Gasteiger partial charge in [-0.1, -0.05) is 30.3 Å². The van der Waals surface area contributed by atoms with Crippen molar-refractivity contribution in [3.8, 4) is 0 Å². The molecular weight excluding hydrogens is 332 g/mol. The summed E-state index contributed by atoms with van der Waals surface area (Å²) >= 11 is 0. The second kappa shape index (κ2) is 9.03. The molecule has 0 radical (unpaired) electrons. The van der Waals surface area contributed by atoms with Crippen molar-refractivity contribution in [2.75, 3.05) is 20.7 Å². The monoisotopic (exact) mass is 362 g/mol. The normalized spacial score (nSPS) is 20.3. The lowest BCUT2D eigenvalue weighted by molar-refractivity contribution is -0.146. The predicted octanol–water partition coefficient (Wildman–Crippen LogP) is 2.96. The Morgan fingerprint density at radius 1 is 1.23 bits per heavy atom. The van der Waals surface area contributed by atoms with E-state index in [2.05, 4.69) is 5.32 Å². The number of hydrogen-bond acceptors (Lipinski definition) is 5. The highest BCUT2D eigenvalue weighted by atomic mass is 16.6. The molecule has 0 aliphatic carbocycles. The maximum Gasteiger partial charge on any atom is 0.410 e. The number of hydrogen-bond donors (Lipinski definition) is 1. The molecule has 0 spiro atoms. The Bertz CT molecular complexity index is 595. The Balaban J connectivity index is 1.82. The minimum absolute atomic E-state index is 0.0760. The second-order valence-electron chi connectivity index (χ2n) is 7.52. The van der Waals surface area contributed by atoms with Gasteiger partial charge in [0.1, 0.15) is 6.61 Å². The molecule has 2 unspecified atom stereocenters. The van der Waals surface area contributed by atoms with Crippen LogP contribution in [0.25, 0.3) is 0 Å². The van der Waals surface area contributed by atoms with Crippen LogP contribution in [0.5, 0.6) is 0 Å². The van der Waals surface area contributed by atoms with Crippen molar-refractivity contribution in [2.24, 2.45) is 5.92 Å². The van der Waals surface area contributed by atoms with Gasteiger partial charge in [0.25, 0.3) is 0 Å². The summed E-state index contributed by atoms with van der Waals surface area (Å²) in [6.07, 6.45) is 2.15. The number of carbonyl (C=O) groups is 2. The molecule has 1 N–H and O–H groups in total. The smallest absolute Gasteiger partial charge is 0.410 e. The highest BCUT2D eigenvalue weighted by Crippen LogP contribution is 2.26. The summed E-state index contributed by atoms with van der Waals surface area (Å²) in [4.78, 5) is 25.7. The summed E-state index contributed by atoms with van der Waals surface area (Å²) in [7, 11) is 3.20. The highest BCUT2D eigenvalue weighted by molar-refractivity contribution is 5.72. The van der Waals surface area contributed by atoms with Gasteiger partial charge in [-0.05, 0) is 38.7 Å². The molecule has 0 aromatic heterocycles. The van der Waals surface area contributed by atoms with Crippen LogP contribution in [0, 0.1) is 5.92 Å². The number of carbonyl (C=O) groups excluding carboxylic acids is 2. The van der Waals surface area contributed by atoms with E-state index < -0.39 is 0 Å². The molecule has 0 bridgehead atoms. The van der Waals surface area contributed by atoms with Gasteiger partial charge >= 0.3 is 12.1 Å². The molecule has 1 amide bonds. The second-order valence-corrected chi connectivity index (χ2v) is 7.52. The average molecular weight is 362 g/mol. The Kier molecular flexibility index (Phi) is 7.03. The first kappa shape index (κ1) is 20.2. The summed E-state index contributed by atoms with van der Waals surface area (Å²) in [5.74, 6) is -0.232. The van der Waals surface area contributed by atoms with Gasteiger partial charge in [-0.2, -0.15) is 0 Å². The first-order valence-electron chi connectivity index (χ1n) is 9.09. The van der Waals surface area contributed by atoms with Crippen molar-refractivity contribution >= 4 is 12.1 Å². The van der Waals surface area contributed by atoms with Crippen LogP contribution in [0.1, 0.15) is 38.7 Å². The third kappa shape index (κ3) is 5.46. The molecule has 0 saturated carbocycles. The van der Waals surface area contributed by atoms with Crippen LogP contribution < -0.4 is 5.32 Å². The zero-order valence-electron chi connectivity index (χ0n) is 16.2. The van der Waals surface area contributed by atoms with Crippen molar-refractivity contribution in [2.45, 2.75) is 51.3 Å². The lowest BCUT2D eigenvalue weighted by atomic mass is 9.86. The highest BCUT2D eigenvalue weighted by Gasteiger charge is 2.34. The number of ether oxygens (including phenoxy) is 2. The van der Waals surface area contributed by atoms with E-state index >= 15 is 0 Å². The molecule has 1 heterocycles. The lowest BCUT2D eigenvalue weighted by Crippen LogP contribution is -2.51. The van der Waals surface area contributed by atoms with Gasteiger partial charge in [-0.15, -0.1) is 0 Å². The summed E-state index contributed by atoms with van der Waals surface area (Å²) < 4.78 is 10.2. The van der Waals surface area contributed by atoms with E-state index in [0.717, 1.165) is 24.8 Å². The summed E-state index contributed by atoms with van der Waals surface area (Å²) in [6, 6.07) is 9.91. The van der Waals surface area contributed by atoms with E-state index in [0.29, 0.717) is 6.54 Å². The Morgan fingerprint density at radius 2 is 1.92 bits per heavy atom. The van der Waals surface area contributed by atoms with Crippen LogP contribution >= 0.6 is 0 Å². The van der Waals surface area contributed by atoms with E-state index in [-0.39, 0.29) is 36.2 Å². The molecule has 26 heavy (non-hydrogen) atoms. The molecule has 2 atom stereocenters. The van der Waals surface area contributed by atoms with Crippen LogP contribution in [0.15, 0.2) is 30.3 Å². The number of nitrogens with zero attached hydrogens (tertiary/aromatic N) is 1. The predicted molar refractivity (Wildman–Crippen MR) is 99.6 cm³/mol. The van der Waals surface area contributed by atoms with E-state index in [1.807, 2.05) is 44.2 Å². The van der Waals surface area contributed by atoms with E-state index in [1.165, 1.54) is 7.11 Å². The number of nitrogens with one attached hydrogen (secondary N) is 1. The third-order valence-electron chi connectivity index (χ3n) is 5.18. The average Bonchev–Trinajstić information content (AvgIpc) is 2.66. The van der Waals surface area contributed by atoms with Crippen LogP contribution in [0.4, 0.5) is 4.79 Å². The van der Waals surface area contributed by atoms with Crippen LogP contribution in [-0.2, 0) is 20.9 Å². The number of benzene rings is 1. The number of methoxy groups -OCH3 is 1. The fraction of sp³-hybridized carbons (Fsp3) is 0.600. The molecule has 2 rings (SSSR count). The molecule has 144 valence electrons. The van der Waals surface area contributed by atoms with E-state index in [1.54, 1.807) is 11.9 Å².